The number of nitrogen functional groups attached to an aromatic ring is 1. The summed E-state index contributed by atoms with van der Waals surface area (Å²) in [5, 5.41) is 0. The van der Waals surface area contributed by atoms with Gasteiger partial charge in [0.15, 0.2) is 0 Å². The van der Waals surface area contributed by atoms with Crippen LogP contribution in [0, 0.1) is 12.8 Å². The third-order valence-corrected chi connectivity index (χ3v) is 4.25. The molecular weight excluding hydrogens is 248 g/mol. The van der Waals surface area contributed by atoms with Crippen LogP contribution in [0.4, 0.5) is 11.4 Å². The van der Waals surface area contributed by atoms with Gasteiger partial charge >= 0.3 is 0 Å². The maximum atomic E-state index is 12.8. The molecule has 1 aromatic carbocycles. The molecule has 0 fully saturated rings. The van der Waals surface area contributed by atoms with Crippen LogP contribution < -0.4 is 10.6 Å². The third-order valence-electron chi connectivity index (χ3n) is 4.25. The van der Waals surface area contributed by atoms with Gasteiger partial charge in [0.2, 0.25) is 5.91 Å². The second-order valence-electron chi connectivity index (χ2n) is 5.85. The molecule has 110 valence electrons. The number of fused-ring (bicyclic) bond motifs is 1. The second-order valence-corrected chi connectivity index (χ2v) is 5.85. The van der Waals surface area contributed by atoms with E-state index in [1.807, 2.05) is 17.9 Å². The highest BCUT2D eigenvalue weighted by Gasteiger charge is 2.29. The number of hydrogen-bond donors (Lipinski definition) is 1. The first-order chi connectivity index (χ1) is 9.58. The van der Waals surface area contributed by atoms with Crippen LogP contribution in [0.25, 0.3) is 0 Å². The van der Waals surface area contributed by atoms with E-state index in [1.165, 1.54) is 5.56 Å². The van der Waals surface area contributed by atoms with E-state index in [9.17, 15) is 4.79 Å². The third kappa shape index (κ3) is 2.82. The highest BCUT2D eigenvalue weighted by molar-refractivity contribution is 5.97. The lowest BCUT2D eigenvalue weighted by Gasteiger charge is -2.24. The number of benzene rings is 1. The standard InChI is InChI=1S/C17H26N2O/c1-4-6-13(7-5-2)17(20)19-9-8-14-10-12(3)15(18)11-16(14)19/h10-11,13H,4-9,18H2,1-3H3. The largest absolute Gasteiger partial charge is 0.398 e. The molecule has 1 heterocycles. The summed E-state index contributed by atoms with van der Waals surface area (Å²) in [4.78, 5) is 14.7. The zero-order valence-corrected chi connectivity index (χ0v) is 12.9. The fourth-order valence-electron chi connectivity index (χ4n) is 3.11. The number of hydrogen-bond acceptors (Lipinski definition) is 2. The minimum absolute atomic E-state index is 0.165. The molecule has 0 radical (unpaired) electrons. The van der Waals surface area contributed by atoms with Gasteiger partial charge in [0.25, 0.3) is 0 Å². The second kappa shape index (κ2) is 6.29. The van der Waals surface area contributed by atoms with Gasteiger partial charge in [0.1, 0.15) is 0 Å². The molecule has 0 atom stereocenters. The minimum Gasteiger partial charge on any atom is -0.398 e. The Kier molecular flexibility index (Phi) is 4.69. The Morgan fingerprint density at radius 1 is 1.30 bits per heavy atom. The molecule has 3 nitrogen and oxygen atoms in total. The van der Waals surface area contributed by atoms with E-state index >= 15 is 0 Å². The molecule has 1 aliphatic heterocycles. The van der Waals surface area contributed by atoms with Crippen molar-refractivity contribution in [2.24, 2.45) is 5.92 Å². The number of anilines is 2. The van der Waals surface area contributed by atoms with Gasteiger partial charge in [-0.15, -0.1) is 0 Å². The molecule has 2 N–H and O–H groups in total. The number of rotatable bonds is 5. The van der Waals surface area contributed by atoms with Crippen molar-refractivity contribution in [3.63, 3.8) is 0 Å². The molecule has 2 rings (SSSR count). The van der Waals surface area contributed by atoms with E-state index in [-0.39, 0.29) is 11.8 Å². The van der Waals surface area contributed by atoms with Crippen molar-refractivity contribution in [1.82, 2.24) is 0 Å². The molecule has 0 bridgehead atoms. The Morgan fingerprint density at radius 3 is 2.55 bits per heavy atom. The van der Waals surface area contributed by atoms with Crippen LogP contribution in [0.15, 0.2) is 12.1 Å². The van der Waals surface area contributed by atoms with Gasteiger partial charge < -0.3 is 10.6 Å². The number of nitrogens with two attached hydrogens (primary N) is 1. The molecule has 3 heteroatoms. The first-order valence-corrected chi connectivity index (χ1v) is 7.78. The number of amides is 1. The fourth-order valence-corrected chi connectivity index (χ4v) is 3.11. The van der Waals surface area contributed by atoms with Crippen molar-refractivity contribution in [3.8, 4) is 0 Å². The Morgan fingerprint density at radius 2 is 1.95 bits per heavy atom. The smallest absolute Gasteiger partial charge is 0.230 e. The van der Waals surface area contributed by atoms with E-state index < -0.39 is 0 Å². The predicted octanol–water partition coefficient (Wildman–Crippen LogP) is 3.68. The summed E-state index contributed by atoms with van der Waals surface area (Å²) in [5.74, 6) is 0.453. The van der Waals surface area contributed by atoms with E-state index in [0.29, 0.717) is 0 Å². The quantitative estimate of drug-likeness (QED) is 0.832. The number of carbonyl (C=O) groups excluding carboxylic acids is 1. The van der Waals surface area contributed by atoms with Gasteiger partial charge in [-0.1, -0.05) is 32.8 Å². The molecule has 0 saturated heterocycles. The molecule has 1 amide bonds. The summed E-state index contributed by atoms with van der Waals surface area (Å²) in [6.45, 7) is 7.13. The summed E-state index contributed by atoms with van der Waals surface area (Å²) in [5.41, 5.74) is 10.2. The van der Waals surface area contributed by atoms with Crippen LogP contribution in [-0.4, -0.2) is 12.5 Å². The lowest BCUT2D eigenvalue weighted by atomic mass is 9.96. The zero-order valence-electron chi connectivity index (χ0n) is 12.9. The van der Waals surface area contributed by atoms with Crippen LogP contribution in [0.3, 0.4) is 0 Å². The van der Waals surface area contributed by atoms with E-state index in [0.717, 1.165) is 55.6 Å². The molecule has 0 unspecified atom stereocenters. The van der Waals surface area contributed by atoms with Gasteiger partial charge in [-0.05, 0) is 43.4 Å². The van der Waals surface area contributed by atoms with E-state index in [2.05, 4.69) is 19.9 Å². The van der Waals surface area contributed by atoms with Crippen molar-refractivity contribution < 1.29 is 4.79 Å². The normalized spacial score (nSPS) is 13.9. The average Bonchev–Trinajstić information content (AvgIpc) is 2.81. The van der Waals surface area contributed by atoms with Crippen molar-refractivity contribution in [3.05, 3.63) is 23.3 Å². The van der Waals surface area contributed by atoms with Gasteiger partial charge in [0, 0.05) is 23.8 Å². The monoisotopic (exact) mass is 274 g/mol. The van der Waals surface area contributed by atoms with Crippen LogP contribution >= 0.6 is 0 Å². The molecule has 1 aromatic rings. The fraction of sp³-hybridized carbons (Fsp3) is 0.588. The average molecular weight is 274 g/mol. The first kappa shape index (κ1) is 14.9. The van der Waals surface area contributed by atoms with Crippen molar-refractivity contribution in [1.29, 1.82) is 0 Å². The summed E-state index contributed by atoms with van der Waals surface area (Å²) >= 11 is 0. The highest BCUT2D eigenvalue weighted by atomic mass is 16.2. The zero-order chi connectivity index (χ0) is 14.7. The Balaban J connectivity index is 2.24. The summed E-state index contributed by atoms with van der Waals surface area (Å²) < 4.78 is 0. The maximum Gasteiger partial charge on any atom is 0.230 e. The van der Waals surface area contributed by atoms with Crippen LogP contribution in [-0.2, 0) is 11.2 Å². The highest BCUT2D eigenvalue weighted by Crippen LogP contribution is 2.34. The number of nitrogens with zero attached hydrogens (tertiary/aromatic N) is 1. The van der Waals surface area contributed by atoms with E-state index in [4.69, 9.17) is 5.73 Å². The summed E-state index contributed by atoms with van der Waals surface area (Å²) in [6, 6.07) is 4.11. The minimum atomic E-state index is 0.165. The van der Waals surface area contributed by atoms with Crippen LogP contribution in [0.2, 0.25) is 0 Å². The SMILES string of the molecule is CCCC(CCC)C(=O)N1CCc2cc(C)c(N)cc21. The molecule has 0 spiro atoms. The summed E-state index contributed by atoms with van der Waals surface area (Å²) in [7, 11) is 0. The van der Waals surface area contributed by atoms with Crippen molar-refractivity contribution >= 4 is 17.3 Å². The molecule has 0 saturated carbocycles. The van der Waals surface area contributed by atoms with E-state index in [1.54, 1.807) is 0 Å². The molecular formula is C17H26N2O. The van der Waals surface area contributed by atoms with Crippen LogP contribution in [0.5, 0.6) is 0 Å². The molecule has 20 heavy (non-hydrogen) atoms. The summed E-state index contributed by atoms with van der Waals surface area (Å²) in [6.07, 6.45) is 5.05. The Hall–Kier alpha value is -1.51. The van der Waals surface area contributed by atoms with Crippen LogP contribution in [0.1, 0.15) is 50.7 Å². The first-order valence-electron chi connectivity index (χ1n) is 7.78. The molecule has 1 aliphatic rings. The lowest BCUT2D eigenvalue weighted by molar-refractivity contribution is -0.122. The van der Waals surface area contributed by atoms with Gasteiger partial charge in [-0.2, -0.15) is 0 Å². The van der Waals surface area contributed by atoms with Gasteiger partial charge in [-0.3, -0.25) is 4.79 Å². The van der Waals surface area contributed by atoms with Gasteiger partial charge in [0.05, 0.1) is 0 Å². The predicted molar refractivity (Wildman–Crippen MR) is 85.0 cm³/mol. The number of aryl methyl sites for hydroxylation is 1. The molecule has 0 aromatic heterocycles. The number of carbonyl (C=O) groups is 1. The Labute approximate surface area is 122 Å². The van der Waals surface area contributed by atoms with Gasteiger partial charge in [-0.25, -0.2) is 0 Å². The maximum absolute atomic E-state index is 12.8. The van der Waals surface area contributed by atoms with Crippen molar-refractivity contribution in [2.75, 3.05) is 17.2 Å². The topological polar surface area (TPSA) is 46.3 Å². The molecule has 0 aliphatic carbocycles. The lowest BCUT2D eigenvalue weighted by Crippen LogP contribution is -2.35. The Bertz CT molecular complexity index is 490. The van der Waals surface area contributed by atoms with Crippen molar-refractivity contribution in [2.45, 2.75) is 52.9 Å².